The molecular weight excluding hydrogens is 209 g/mol. The topological polar surface area (TPSA) is 42.7 Å². The Bertz CT molecular complexity index is 327. The van der Waals surface area contributed by atoms with Gasteiger partial charge in [0, 0.05) is 6.54 Å². The predicted molar refractivity (Wildman–Crippen MR) is 46.2 cm³/mol. The quantitative estimate of drug-likeness (QED) is 0.773. The Kier molecular flexibility index (Phi) is 2.64. The molecule has 4 nitrogen and oxygen atoms in total. The molecule has 0 aliphatic carbocycles. The molecule has 84 valence electrons. The number of halogens is 3. The minimum Gasteiger partial charge on any atom is -0.315 e. The molecule has 1 fully saturated rings. The van der Waals surface area contributed by atoms with Crippen molar-refractivity contribution >= 4 is 0 Å². The summed E-state index contributed by atoms with van der Waals surface area (Å²) < 4.78 is 37.9. The lowest BCUT2D eigenvalue weighted by Gasteiger charge is -2.22. The van der Waals surface area contributed by atoms with E-state index in [0.717, 1.165) is 25.7 Å². The molecule has 1 N–H and O–H groups in total. The maximum Gasteiger partial charge on any atom is 0.453 e. The van der Waals surface area contributed by atoms with Crippen molar-refractivity contribution < 1.29 is 13.2 Å². The standard InChI is InChI=1S/C8H11F3N4/c9-8(10,11)7-13-5-15(14-7)6-2-1-3-12-4-6/h5-6,12H,1-4H2/t6-/m1/s1. The Hall–Kier alpha value is -1.11. The zero-order chi connectivity index (χ0) is 10.9. The number of alkyl halides is 3. The highest BCUT2D eigenvalue weighted by Gasteiger charge is 2.36. The van der Waals surface area contributed by atoms with E-state index in [4.69, 9.17) is 0 Å². The van der Waals surface area contributed by atoms with Crippen LogP contribution in [-0.4, -0.2) is 27.9 Å². The fourth-order valence-corrected chi connectivity index (χ4v) is 1.64. The van der Waals surface area contributed by atoms with Crippen LogP contribution in [0.15, 0.2) is 6.33 Å². The van der Waals surface area contributed by atoms with Crippen LogP contribution in [0.2, 0.25) is 0 Å². The van der Waals surface area contributed by atoms with E-state index in [1.165, 1.54) is 4.68 Å². The van der Waals surface area contributed by atoms with Gasteiger partial charge in [-0.1, -0.05) is 0 Å². The molecular formula is C8H11F3N4. The monoisotopic (exact) mass is 220 g/mol. The Morgan fingerprint density at radius 2 is 2.27 bits per heavy atom. The van der Waals surface area contributed by atoms with Crippen LogP contribution in [0.5, 0.6) is 0 Å². The first-order valence-corrected chi connectivity index (χ1v) is 4.76. The van der Waals surface area contributed by atoms with Crippen molar-refractivity contribution in [3.8, 4) is 0 Å². The van der Waals surface area contributed by atoms with E-state index in [9.17, 15) is 13.2 Å². The molecule has 2 heterocycles. The summed E-state index contributed by atoms with van der Waals surface area (Å²) in [5.41, 5.74) is 0. The molecule has 0 spiro atoms. The molecule has 0 saturated carbocycles. The molecule has 1 atom stereocenters. The smallest absolute Gasteiger partial charge is 0.315 e. The molecule has 2 rings (SSSR count). The summed E-state index contributed by atoms with van der Waals surface area (Å²) >= 11 is 0. The molecule has 0 bridgehead atoms. The van der Waals surface area contributed by atoms with Gasteiger partial charge in [-0.05, 0) is 19.4 Å². The minimum absolute atomic E-state index is 0.0117. The van der Waals surface area contributed by atoms with E-state index >= 15 is 0 Å². The molecule has 1 aromatic rings. The number of hydrogen-bond donors (Lipinski definition) is 1. The van der Waals surface area contributed by atoms with Crippen LogP contribution in [0.1, 0.15) is 24.7 Å². The van der Waals surface area contributed by atoms with Gasteiger partial charge in [-0.3, -0.25) is 0 Å². The Morgan fingerprint density at radius 3 is 2.80 bits per heavy atom. The second kappa shape index (κ2) is 3.80. The molecule has 0 aromatic carbocycles. The summed E-state index contributed by atoms with van der Waals surface area (Å²) in [5, 5.41) is 6.56. The van der Waals surface area contributed by atoms with Crippen molar-refractivity contribution in [1.82, 2.24) is 20.1 Å². The highest BCUT2D eigenvalue weighted by atomic mass is 19.4. The Morgan fingerprint density at radius 1 is 1.47 bits per heavy atom. The number of aromatic nitrogens is 3. The van der Waals surface area contributed by atoms with Gasteiger partial charge in [0.15, 0.2) is 0 Å². The van der Waals surface area contributed by atoms with Crippen LogP contribution in [0, 0.1) is 0 Å². The van der Waals surface area contributed by atoms with Crippen LogP contribution in [-0.2, 0) is 6.18 Å². The van der Waals surface area contributed by atoms with Gasteiger partial charge in [0.05, 0.1) is 6.04 Å². The summed E-state index contributed by atoms with van der Waals surface area (Å²) in [6.07, 6.45) is -1.51. The maximum absolute atomic E-state index is 12.2. The fourth-order valence-electron chi connectivity index (χ4n) is 1.64. The molecule has 1 aromatic heterocycles. The van der Waals surface area contributed by atoms with Crippen molar-refractivity contribution in [2.24, 2.45) is 0 Å². The molecule has 7 heteroatoms. The number of nitrogens with one attached hydrogen (secondary N) is 1. The van der Waals surface area contributed by atoms with Crippen molar-refractivity contribution in [3.05, 3.63) is 12.2 Å². The largest absolute Gasteiger partial charge is 0.453 e. The zero-order valence-corrected chi connectivity index (χ0v) is 7.96. The minimum atomic E-state index is -4.45. The first-order chi connectivity index (χ1) is 7.07. The average Bonchev–Trinajstić information content (AvgIpc) is 2.67. The third-order valence-electron chi connectivity index (χ3n) is 2.41. The van der Waals surface area contributed by atoms with Gasteiger partial charge in [-0.2, -0.15) is 13.2 Å². The molecule has 0 radical (unpaired) electrons. The van der Waals surface area contributed by atoms with Gasteiger partial charge < -0.3 is 5.32 Å². The molecule has 1 saturated heterocycles. The van der Waals surface area contributed by atoms with Crippen molar-refractivity contribution in [2.75, 3.05) is 13.1 Å². The normalized spacial score (nSPS) is 23.0. The third-order valence-corrected chi connectivity index (χ3v) is 2.41. The highest BCUT2D eigenvalue weighted by Crippen LogP contribution is 2.26. The lowest BCUT2D eigenvalue weighted by Crippen LogP contribution is -2.32. The summed E-state index contributed by atoms with van der Waals surface area (Å²) in [4.78, 5) is 3.26. The zero-order valence-electron chi connectivity index (χ0n) is 7.96. The van der Waals surface area contributed by atoms with E-state index in [1.807, 2.05) is 0 Å². The van der Waals surface area contributed by atoms with E-state index < -0.39 is 12.0 Å². The molecule has 0 unspecified atom stereocenters. The highest BCUT2D eigenvalue weighted by molar-refractivity contribution is 4.89. The number of nitrogens with zero attached hydrogens (tertiary/aromatic N) is 3. The summed E-state index contributed by atoms with van der Waals surface area (Å²) in [6.45, 7) is 1.57. The molecule has 15 heavy (non-hydrogen) atoms. The van der Waals surface area contributed by atoms with Gasteiger partial charge in [-0.25, -0.2) is 9.67 Å². The lowest BCUT2D eigenvalue weighted by atomic mass is 10.1. The Labute approximate surface area is 84.5 Å². The average molecular weight is 220 g/mol. The van der Waals surface area contributed by atoms with Crippen molar-refractivity contribution in [1.29, 1.82) is 0 Å². The van der Waals surface area contributed by atoms with Gasteiger partial charge in [0.25, 0.3) is 5.82 Å². The number of rotatable bonds is 1. The summed E-state index contributed by atoms with van der Waals surface area (Å²) in [6, 6.07) is -0.0117. The summed E-state index contributed by atoms with van der Waals surface area (Å²) in [5.74, 6) is -1.06. The number of hydrogen-bond acceptors (Lipinski definition) is 3. The first-order valence-electron chi connectivity index (χ1n) is 4.76. The second-order valence-corrected chi connectivity index (χ2v) is 3.55. The van der Waals surface area contributed by atoms with Crippen molar-refractivity contribution in [3.63, 3.8) is 0 Å². The van der Waals surface area contributed by atoms with E-state index in [1.54, 1.807) is 0 Å². The van der Waals surface area contributed by atoms with Crippen LogP contribution >= 0.6 is 0 Å². The van der Waals surface area contributed by atoms with Gasteiger partial charge >= 0.3 is 6.18 Å². The SMILES string of the molecule is FC(F)(F)c1ncn([C@@H]2CCCNC2)n1. The third kappa shape index (κ3) is 2.28. The fraction of sp³-hybridized carbons (Fsp3) is 0.750. The number of piperidine rings is 1. The molecule has 0 amide bonds. The van der Waals surface area contributed by atoms with Gasteiger partial charge in [0.2, 0.25) is 0 Å². The van der Waals surface area contributed by atoms with E-state index in [-0.39, 0.29) is 6.04 Å². The Balaban J connectivity index is 2.12. The lowest BCUT2D eigenvalue weighted by molar-refractivity contribution is -0.145. The first kappa shape index (κ1) is 10.4. The maximum atomic E-state index is 12.2. The van der Waals surface area contributed by atoms with Crippen LogP contribution in [0.4, 0.5) is 13.2 Å². The molecule has 1 aliphatic heterocycles. The molecule has 1 aliphatic rings. The van der Waals surface area contributed by atoms with Crippen LogP contribution in [0.25, 0.3) is 0 Å². The van der Waals surface area contributed by atoms with E-state index in [0.29, 0.717) is 6.54 Å². The van der Waals surface area contributed by atoms with Crippen molar-refractivity contribution in [2.45, 2.75) is 25.1 Å². The van der Waals surface area contributed by atoms with E-state index in [2.05, 4.69) is 15.4 Å². The summed E-state index contributed by atoms with van der Waals surface area (Å²) in [7, 11) is 0. The van der Waals surface area contributed by atoms with Crippen LogP contribution in [0.3, 0.4) is 0 Å². The second-order valence-electron chi connectivity index (χ2n) is 3.55. The van der Waals surface area contributed by atoms with Gasteiger partial charge in [-0.15, -0.1) is 5.10 Å². The van der Waals surface area contributed by atoms with Gasteiger partial charge in [0.1, 0.15) is 6.33 Å². The predicted octanol–water partition coefficient (Wildman–Crippen LogP) is 1.22. The van der Waals surface area contributed by atoms with Crippen LogP contribution < -0.4 is 5.32 Å².